The van der Waals surface area contributed by atoms with Crippen LogP contribution in [0.3, 0.4) is 0 Å². The van der Waals surface area contributed by atoms with E-state index < -0.39 is 0 Å². The van der Waals surface area contributed by atoms with E-state index in [0.29, 0.717) is 5.75 Å². The van der Waals surface area contributed by atoms with Crippen molar-refractivity contribution in [2.45, 2.75) is 33.6 Å². The third kappa shape index (κ3) is 3.31. The number of carbonyl (C=O) groups is 2. The van der Waals surface area contributed by atoms with Gasteiger partial charge in [0.25, 0.3) is 0 Å². The van der Waals surface area contributed by atoms with Crippen LogP contribution in [0.25, 0.3) is 16.3 Å². The standard InChI is InChI=1S/C20H20NO4/c1-4-18(22)24-17-10-13(3)16-12-21-9-7-6-8-14(21)11-15(16)20(17)25-19(23)5-2/h6-12H,4-5H2,1-3H3/q+1. The van der Waals surface area contributed by atoms with Gasteiger partial charge in [0.05, 0.1) is 5.39 Å². The Balaban J connectivity index is 2.30. The average Bonchev–Trinajstić information content (AvgIpc) is 2.63. The molecule has 25 heavy (non-hydrogen) atoms. The summed E-state index contributed by atoms with van der Waals surface area (Å²) in [4.78, 5) is 23.7. The number of aromatic nitrogens is 1. The van der Waals surface area contributed by atoms with Crippen LogP contribution in [-0.2, 0) is 9.59 Å². The lowest BCUT2D eigenvalue weighted by molar-refractivity contribution is -0.510. The van der Waals surface area contributed by atoms with Crippen LogP contribution in [0.4, 0.5) is 0 Å². The average molecular weight is 338 g/mol. The molecule has 128 valence electrons. The van der Waals surface area contributed by atoms with E-state index >= 15 is 0 Å². The molecular weight excluding hydrogens is 318 g/mol. The van der Waals surface area contributed by atoms with Gasteiger partial charge in [0, 0.05) is 36.4 Å². The number of aryl methyl sites for hydroxylation is 1. The summed E-state index contributed by atoms with van der Waals surface area (Å²) < 4.78 is 12.9. The third-order valence-electron chi connectivity index (χ3n) is 4.03. The van der Waals surface area contributed by atoms with Gasteiger partial charge >= 0.3 is 11.9 Å². The summed E-state index contributed by atoms with van der Waals surface area (Å²) >= 11 is 0. The largest absolute Gasteiger partial charge is 0.422 e. The second kappa shape index (κ2) is 6.89. The van der Waals surface area contributed by atoms with Crippen molar-refractivity contribution in [2.75, 3.05) is 0 Å². The number of nitrogens with zero attached hydrogens (tertiary/aromatic N) is 1. The first-order valence-electron chi connectivity index (χ1n) is 8.32. The maximum absolute atomic E-state index is 11.9. The molecule has 0 saturated carbocycles. The highest BCUT2D eigenvalue weighted by atomic mass is 16.6. The number of benzene rings is 1. The molecule has 0 fully saturated rings. The summed E-state index contributed by atoms with van der Waals surface area (Å²) in [6, 6.07) is 9.52. The lowest BCUT2D eigenvalue weighted by Crippen LogP contribution is -2.20. The van der Waals surface area contributed by atoms with Crippen LogP contribution in [0.5, 0.6) is 11.5 Å². The molecule has 0 radical (unpaired) electrons. The SMILES string of the molecule is CCC(=O)Oc1cc(C)c2c[n+]3ccccc3cc2c1OC(=O)CC. The number of ether oxygens (including phenoxy) is 2. The van der Waals surface area contributed by atoms with Crippen LogP contribution in [0.2, 0.25) is 0 Å². The van der Waals surface area contributed by atoms with Gasteiger partial charge in [0.15, 0.2) is 23.9 Å². The lowest BCUT2D eigenvalue weighted by atomic mass is 10.0. The Bertz CT molecular complexity index is 978. The number of hydrogen-bond donors (Lipinski definition) is 0. The fourth-order valence-corrected chi connectivity index (χ4v) is 2.68. The van der Waals surface area contributed by atoms with E-state index in [1.807, 2.05) is 48.0 Å². The Morgan fingerprint density at radius 1 is 1.00 bits per heavy atom. The van der Waals surface area contributed by atoms with Gasteiger partial charge in [-0.05, 0) is 24.6 Å². The molecule has 0 aliphatic heterocycles. The van der Waals surface area contributed by atoms with E-state index in [9.17, 15) is 9.59 Å². The minimum absolute atomic E-state index is 0.235. The van der Waals surface area contributed by atoms with Crippen LogP contribution in [0.15, 0.2) is 42.7 Å². The molecule has 0 aliphatic carbocycles. The summed E-state index contributed by atoms with van der Waals surface area (Å²) in [5.74, 6) is -0.179. The zero-order valence-corrected chi connectivity index (χ0v) is 14.5. The van der Waals surface area contributed by atoms with Gasteiger partial charge in [-0.1, -0.05) is 13.8 Å². The summed E-state index contributed by atoms with van der Waals surface area (Å²) in [5, 5.41) is 1.67. The van der Waals surface area contributed by atoms with Crippen molar-refractivity contribution >= 4 is 28.2 Å². The van der Waals surface area contributed by atoms with Crippen LogP contribution in [-0.4, -0.2) is 11.9 Å². The van der Waals surface area contributed by atoms with Gasteiger partial charge < -0.3 is 9.47 Å². The van der Waals surface area contributed by atoms with Crippen molar-refractivity contribution in [3.05, 3.63) is 48.3 Å². The normalized spacial score (nSPS) is 10.8. The topological polar surface area (TPSA) is 56.7 Å². The molecule has 3 rings (SSSR count). The van der Waals surface area contributed by atoms with Crippen molar-refractivity contribution in [2.24, 2.45) is 0 Å². The predicted molar refractivity (Wildman–Crippen MR) is 93.7 cm³/mol. The Labute approximate surface area is 145 Å². The fraction of sp³-hybridized carbons (Fsp3) is 0.250. The van der Waals surface area contributed by atoms with E-state index in [1.54, 1.807) is 19.9 Å². The molecule has 0 atom stereocenters. The van der Waals surface area contributed by atoms with Gasteiger partial charge in [-0.2, -0.15) is 4.40 Å². The molecule has 2 aromatic heterocycles. The Morgan fingerprint density at radius 2 is 1.72 bits per heavy atom. The molecule has 0 saturated heterocycles. The summed E-state index contributed by atoms with van der Waals surface area (Å²) in [5.41, 5.74) is 1.88. The molecule has 1 aromatic carbocycles. The zero-order valence-electron chi connectivity index (χ0n) is 14.5. The first kappa shape index (κ1) is 16.9. The van der Waals surface area contributed by atoms with Crippen molar-refractivity contribution in [1.82, 2.24) is 0 Å². The monoisotopic (exact) mass is 338 g/mol. The van der Waals surface area contributed by atoms with Crippen molar-refractivity contribution in [1.29, 1.82) is 0 Å². The quantitative estimate of drug-likeness (QED) is 0.316. The third-order valence-corrected chi connectivity index (χ3v) is 4.03. The van der Waals surface area contributed by atoms with Crippen LogP contribution in [0.1, 0.15) is 32.3 Å². The molecule has 5 heteroatoms. The number of rotatable bonds is 4. The van der Waals surface area contributed by atoms with Crippen molar-refractivity contribution < 1.29 is 23.5 Å². The number of esters is 2. The van der Waals surface area contributed by atoms with E-state index in [-0.39, 0.29) is 30.5 Å². The highest BCUT2D eigenvalue weighted by Crippen LogP contribution is 2.38. The van der Waals surface area contributed by atoms with Gasteiger partial charge in [-0.25, -0.2) is 0 Å². The van der Waals surface area contributed by atoms with Crippen LogP contribution < -0.4 is 13.9 Å². The van der Waals surface area contributed by atoms with Crippen LogP contribution in [0, 0.1) is 6.92 Å². The van der Waals surface area contributed by atoms with Gasteiger partial charge in [-0.15, -0.1) is 0 Å². The predicted octanol–water partition coefficient (Wildman–Crippen LogP) is 3.52. The Hall–Kier alpha value is -2.95. The van der Waals surface area contributed by atoms with Crippen molar-refractivity contribution in [3.63, 3.8) is 0 Å². The fourth-order valence-electron chi connectivity index (χ4n) is 2.68. The molecule has 0 unspecified atom stereocenters. The van der Waals surface area contributed by atoms with Gasteiger partial charge in [0.2, 0.25) is 5.52 Å². The minimum Gasteiger partial charge on any atom is -0.422 e. The highest BCUT2D eigenvalue weighted by Gasteiger charge is 2.20. The lowest BCUT2D eigenvalue weighted by Gasteiger charge is -2.14. The van der Waals surface area contributed by atoms with E-state index in [0.717, 1.165) is 21.9 Å². The highest BCUT2D eigenvalue weighted by molar-refractivity contribution is 5.96. The first-order valence-corrected chi connectivity index (χ1v) is 8.32. The molecule has 5 nitrogen and oxygen atoms in total. The molecule has 2 heterocycles. The molecule has 0 amide bonds. The second-order valence-electron chi connectivity index (χ2n) is 5.81. The van der Waals surface area contributed by atoms with Gasteiger partial charge in [-0.3, -0.25) is 9.59 Å². The van der Waals surface area contributed by atoms with E-state index in [4.69, 9.17) is 9.47 Å². The smallest absolute Gasteiger partial charge is 0.311 e. The molecule has 0 aliphatic rings. The molecule has 0 spiro atoms. The second-order valence-corrected chi connectivity index (χ2v) is 5.81. The molecule has 3 aromatic rings. The maximum Gasteiger partial charge on any atom is 0.311 e. The van der Waals surface area contributed by atoms with Crippen molar-refractivity contribution in [3.8, 4) is 11.5 Å². The molecule has 0 bridgehead atoms. The summed E-state index contributed by atoms with van der Waals surface area (Å²) in [6.07, 6.45) is 4.41. The maximum atomic E-state index is 11.9. The number of fused-ring (bicyclic) bond motifs is 2. The number of carbonyl (C=O) groups excluding carboxylic acids is 2. The first-order chi connectivity index (χ1) is 12.0. The van der Waals surface area contributed by atoms with E-state index in [2.05, 4.69) is 0 Å². The molecule has 0 N–H and O–H groups in total. The van der Waals surface area contributed by atoms with Gasteiger partial charge in [0.1, 0.15) is 0 Å². The minimum atomic E-state index is -0.375. The number of hydrogen-bond acceptors (Lipinski definition) is 4. The zero-order chi connectivity index (χ0) is 18.0. The Kier molecular flexibility index (Phi) is 4.65. The number of pyridine rings is 2. The van der Waals surface area contributed by atoms with E-state index in [1.165, 1.54) is 0 Å². The summed E-state index contributed by atoms with van der Waals surface area (Å²) in [7, 11) is 0. The van der Waals surface area contributed by atoms with Crippen LogP contribution >= 0.6 is 0 Å². The Morgan fingerprint density at radius 3 is 2.44 bits per heavy atom. The summed E-state index contributed by atoms with van der Waals surface area (Å²) in [6.45, 7) is 5.38. The molecular formula is C20H20NO4+.